The van der Waals surface area contributed by atoms with Gasteiger partial charge in [0, 0.05) is 5.56 Å². The quantitative estimate of drug-likeness (QED) is 0.596. The summed E-state index contributed by atoms with van der Waals surface area (Å²) in [6, 6.07) is 5.71. The van der Waals surface area contributed by atoms with E-state index in [1.165, 1.54) is 6.07 Å². The topological polar surface area (TPSA) is 30.0 Å². The average molecular weight is 305 g/mol. The number of aromatic nitrogens is 1. The number of carbonyl (C=O) groups is 1. The number of nitrogens with zero attached hydrogens (tertiary/aromatic N) is 1. The molecule has 6 heteroatoms. The van der Waals surface area contributed by atoms with Gasteiger partial charge in [-0.3, -0.25) is 4.79 Å². The third-order valence-electron chi connectivity index (χ3n) is 2.30. The van der Waals surface area contributed by atoms with Crippen LogP contribution in [-0.2, 0) is 0 Å². The number of pyridine rings is 1. The smallest absolute Gasteiger partial charge is 0.171 e. The molecule has 1 aromatic heterocycles. The number of hydrogen-bond donors (Lipinski definition) is 0. The summed E-state index contributed by atoms with van der Waals surface area (Å²) in [7, 11) is 0. The number of hydrogen-bond acceptors (Lipinski definition) is 2. The molecule has 0 saturated carbocycles. The Morgan fingerprint density at radius 3 is 2.44 bits per heavy atom. The third-order valence-corrected chi connectivity index (χ3v) is 3.59. The summed E-state index contributed by atoms with van der Waals surface area (Å²) in [5, 5.41) is 0.706. The summed E-state index contributed by atoms with van der Waals surface area (Å²) < 4.78 is 13.2. The fourth-order valence-corrected chi connectivity index (χ4v) is 2.05. The van der Waals surface area contributed by atoms with Gasteiger partial charge in [-0.15, -0.1) is 0 Å². The van der Waals surface area contributed by atoms with E-state index in [0.717, 1.165) is 6.07 Å². The van der Waals surface area contributed by atoms with Crippen molar-refractivity contribution in [2.75, 3.05) is 0 Å². The minimum atomic E-state index is -0.690. The molecule has 2 aromatic rings. The van der Waals surface area contributed by atoms with Gasteiger partial charge in [0.25, 0.3) is 0 Å². The van der Waals surface area contributed by atoms with Gasteiger partial charge in [-0.2, -0.15) is 0 Å². The maximum atomic E-state index is 13.2. The summed E-state index contributed by atoms with van der Waals surface area (Å²) in [4.78, 5) is 14.5. The first-order valence-corrected chi connectivity index (χ1v) is 5.93. The molecule has 0 bridgehead atoms. The van der Waals surface area contributed by atoms with Gasteiger partial charge in [-0.1, -0.05) is 34.8 Å². The average Bonchev–Trinajstić information content (AvgIpc) is 2.37. The summed E-state index contributed by atoms with van der Waals surface area (Å²) in [5.74, 6) is -0.690. The number of rotatable bonds is 2. The minimum Gasteiger partial charge on any atom is -0.296 e. The normalized spacial score (nSPS) is 10.4. The van der Waals surface area contributed by atoms with Crippen molar-refractivity contribution >= 4 is 41.1 Å². The van der Waals surface area contributed by atoms with Crippen molar-refractivity contribution in [1.29, 1.82) is 0 Å². The van der Waals surface area contributed by atoms with Crippen molar-refractivity contribution in [3.63, 3.8) is 0 Å². The lowest BCUT2D eigenvalue weighted by Gasteiger charge is -2.07. The van der Waals surface area contributed by atoms with Gasteiger partial charge in [0.15, 0.2) is 12.1 Å². The summed E-state index contributed by atoms with van der Waals surface area (Å²) in [5.41, 5.74) is 0.547. The zero-order chi connectivity index (χ0) is 13.3. The van der Waals surface area contributed by atoms with Crippen LogP contribution in [0.2, 0.25) is 15.1 Å². The standard InChI is InChI=1S/C12H5Cl3FNO/c13-7-2-1-6(11(14)12(7)15)9-4-3-8(16)10(5-18)17-9/h1-5H. The van der Waals surface area contributed by atoms with Crippen LogP contribution in [0.4, 0.5) is 4.39 Å². The van der Waals surface area contributed by atoms with Crippen molar-refractivity contribution in [3.8, 4) is 11.3 Å². The Bertz CT molecular complexity index is 631. The molecule has 0 atom stereocenters. The van der Waals surface area contributed by atoms with Gasteiger partial charge >= 0.3 is 0 Å². The fourth-order valence-electron chi connectivity index (χ4n) is 1.41. The fraction of sp³-hybridized carbons (Fsp3) is 0. The van der Waals surface area contributed by atoms with E-state index in [1.807, 2.05) is 0 Å². The predicted octanol–water partition coefficient (Wildman–Crippen LogP) is 4.66. The lowest BCUT2D eigenvalue weighted by atomic mass is 10.1. The lowest BCUT2D eigenvalue weighted by Crippen LogP contribution is -1.95. The maximum absolute atomic E-state index is 13.2. The summed E-state index contributed by atoms with van der Waals surface area (Å²) in [6.45, 7) is 0. The second-order valence-electron chi connectivity index (χ2n) is 3.40. The highest BCUT2D eigenvalue weighted by atomic mass is 35.5. The first-order chi connectivity index (χ1) is 8.54. The molecule has 0 unspecified atom stereocenters. The van der Waals surface area contributed by atoms with Crippen molar-refractivity contribution in [2.45, 2.75) is 0 Å². The molecule has 0 saturated heterocycles. The van der Waals surface area contributed by atoms with Gasteiger partial charge < -0.3 is 0 Å². The number of benzene rings is 1. The Balaban J connectivity index is 2.62. The van der Waals surface area contributed by atoms with Crippen LogP contribution >= 0.6 is 34.8 Å². The minimum absolute atomic E-state index is 0.189. The van der Waals surface area contributed by atoms with Crippen molar-refractivity contribution in [2.24, 2.45) is 0 Å². The highest BCUT2D eigenvalue weighted by molar-refractivity contribution is 6.49. The van der Waals surface area contributed by atoms with Crippen LogP contribution in [0.1, 0.15) is 10.5 Å². The van der Waals surface area contributed by atoms with E-state index in [4.69, 9.17) is 34.8 Å². The Morgan fingerprint density at radius 2 is 1.78 bits per heavy atom. The van der Waals surface area contributed by atoms with Gasteiger partial charge in [0.2, 0.25) is 0 Å². The van der Waals surface area contributed by atoms with E-state index in [1.54, 1.807) is 12.1 Å². The number of aldehydes is 1. The molecular weight excluding hydrogens is 299 g/mol. The molecule has 18 heavy (non-hydrogen) atoms. The van der Waals surface area contributed by atoms with Gasteiger partial charge in [0.1, 0.15) is 5.69 Å². The molecule has 0 aliphatic carbocycles. The summed E-state index contributed by atoms with van der Waals surface area (Å²) in [6.07, 6.45) is 0.338. The van der Waals surface area contributed by atoms with E-state index in [-0.39, 0.29) is 15.7 Å². The Kier molecular flexibility index (Phi) is 3.85. The van der Waals surface area contributed by atoms with Crippen LogP contribution in [0, 0.1) is 5.82 Å². The van der Waals surface area contributed by atoms with E-state index < -0.39 is 5.82 Å². The monoisotopic (exact) mass is 303 g/mol. The molecule has 0 aliphatic heterocycles. The molecule has 2 rings (SSSR count). The van der Waals surface area contributed by atoms with Crippen molar-refractivity contribution in [3.05, 3.63) is 50.8 Å². The molecule has 0 spiro atoms. The first-order valence-electron chi connectivity index (χ1n) is 4.80. The molecule has 0 aliphatic rings. The van der Waals surface area contributed by atoms with Crippen LogP contribution in [0.3, 0.4) is 0 Å². The van der Waals surface area contributed by atoms with Gasteiger partial charge in [-0.05, 0) is 24.3 Å². The van der Waals surface area contributed by atoms with Crippen LogP contribution < -0.4 is 0 Å². The van der Waals surface area contributed by atoms with Crippen LogP contribution in [0.15, 0.2) is 24.3 Å². The highest BCUT2D eigenvalue weighted by Crippen LogP contribution is 2.37. The zero-order valence-electron chi connectivity index (χ0n) is 8.75. The van der Waals surface area contributed by atoms with E-state index in [0.29, 0.717) is 22.6 Å². The molecule has 1 aromatic carbocycles. The van der Waals surface area contributed by atoms with E-state index in [9.17, 15) is 9.18 Å². The number of carbonyl (C=O) groups excluding carboxylic acids is 1. The van der Waals surface area contributed by atoms with E-state index >= 15 is 0 Å². The Morgan fingerprint density at radius 1 is 1.06 bits per heavy atom. The SMILES string of the molecule is O=Cc1nc(-c2ccc(Cl)c(Cl)c2Cl)ccc1F. The molecule has 92 valence electrons. The van der Waals surface area contributed by atoms with Gasteiger partial charge in [-0.25, -0.2) is 9.37 Å². The molecular formula is C12H5Cl3FNO. The van der Waals surface area contributed by atoms with Crippen molar-refractivity contribution in [1.82, 2.24) is 4.98 Å². The molecule has 2 nitrogen and oxygen atoms in total. The second-order valence-corrected chi connectivity index (χ2v) is 4.57. The lowest BCUT2D eigenvalue weighted by molar-refractivity contribution is 0.111. The van der Waals surface area contributed by atoms with E-state index in [2.05, 4.69) is 4.98 Å². The van der Waals surface area contributed by atoms with Crippen molar-refractivity contribution < 1.29 is 9.18 Å². The highest BCUT2D eigenvalue weighted by Gasteiger charge is 2.13. The predicted molar refractivity (Wildman–Crippen MR) is 70.0 cm³/mol. The Hall–Kier alpha value is -1.16. The molecule has 0 fully saturated rings. The van der Waals surface area contributed by atoms with Crippen LogP contribution in [-0.4, -0.2) is 11.3 Å². The van der Waals surface area contributed by atoms with Gasteiger partial charge in [0.05, 0.1) is 20.8 Å². The van der Waals surface area contributed by atoms with Crippen LogP contribution in [0.5, 0.6) is 0 Å². The van der Waals surface area contributed by atoms with Crippen LogP contribution in [0.25, 0.3) is 11.3 Å². The maximum Gasteiger partial charge on any atom is 0.171 e. The zero-order valence-corrected chi connectivity index (χ0v) is 11.0. The summed E-state index contributed by atoms with van der Waals surface area (Å²) >= 11 is 17.7. The molecule has 0 radical (unpaired) electrons. The molecule has 0 N–H and O–H groups in total. The third kappa shape index (κ3) is 2.34. The Labute approximate surface area is 117 Å². The second kappa shape index (κ2) is 5.22. The first kappa shape index (κ1) is 13.3. The molecule has 1 heterocycles. The molecule has 0 amide bonds. The number of halogens is 4. The largest absolute Gasteiger partial charge is 0.296 e.